The Morgan fingerprint density at radius 3 is 1.87 bits per heavy atom. The zero-order valence-electron chi connectivity index (χ0n) is 27.2. The van der Waals surface area contributed by atoms with Gasteiger partial charge in [-0.3, -0.25) is 9.97 Å². The summed E-state index contributed by atoms with van der Waals surface area (Å²) in [6.07, 6.45) is 13.4. The highest BCUT2D eigenvalue weighted by Gasteiger charge is 2.44. The van der Waals surface area contributed by atoms with E-state index < -0.39 is 22.9 Å². The lowest BCUT2D eigenvalue weighted by molar-refractivity contribution is -0.0571. The number of hydrogen-bond donors (Lipinski definition) is 1. The van der Waals surface area contributed by atoms with Crippen molar-refractivity contribution in [1.82, 2.24) is 19.8 Å². The highest BCUT2D eigenvalue weighted by atomic mass is 16.6. The number of amides is 2. The summed E-state index contributed by atoms with van der Waals surface area (Å²) >= 11 is 0. The Labute approximate surface area is 280 Å². The van der Waals surface area contributed by atoms with Gasteiger partial charge in [0.05, 0.1) is 6.10 Å². The fourth-order valence-corrected chi connectivity index (χ4v) is 5.97. The Bertz CT molecular complexity index is 1400. The molecule has 0 aromatic carbocycles. The number of aromatic nitrogens is 2. The van der Waals surface area contributed by atoms with Crippen molar-refractivity contribution in [3.05, 3.63) is 54.1 Å². The topological polar surface area (TPSA) is 124 Å². The van der Waals surface area contributed by atoms with Gasteiger partial charge < -0.3 is 33.9 Å². The molecule has 0 aliphatic carbocycles. The maximum absolute atomic E-state index is 12.2. The quantitative estimate of drug-likeness (QED) is 0.314. The minimum absolute atomic E-state index is 0. The van der Waals surface area contributed by atoms with Crippen LogP contribution in [0.5, 0.6) is 11.5 Å². The Morgan fingerprint density at radius 2 is 1.32 bits per heavy atom. The van der Waals surface area contributed by atoms with Gasteiger partial charge in [-0.25, -0.2) is 9.59 Å². The van der Waals surface area contributed by atoms with Crippen molar-refractivity contribution < 1.29 is 33.6 Å². The van der Waals surface area contributed by atoms with Crippen molar-refractivity contribution in [2.24, 2.45) is 0 Å². The average Bonchev–Trinajstić information content (AvgIpc) is 2.96. The highest BCUT2D eigenvalue weighted by molar-refractivity contribution is 5.69. The van der Waals surface area contributed by atoms with Gasteiger partial charge in [-0.2, -0.15) is 0 Å². The standard InChI is InChI=1S/C17H24N2O4.C17H22N2O3.2CH4/c1-16(2,3)23-15(21)19-8-5-17(6-9-19)10-13(20)12-11-18-7-4-14(12)22-17;1-16(2,3)22-15(20)19-10-7-17(8-11-19)6-4-13-12-18-9-5-14(13)21-17;;/h4,7,11,13,20H,5-6,8-10H2,1-3H3;4-6,9,12H,7-8,10-11H2,1-3H3;2*1H4. The molecule has 2 aromatic rings. The van der Waals surface area contributed by atoms with Crippen molar-refractivity contribution in [2.45, 2.75) is 117 Å². The molecule has 11 heteroatoms. The molecular weight excluding hydrogens is 600 g/mol. The Balaban J connectivity index is 0.000000245. The lowest BCUT2D eigenvalue weighted by atomic mass is 9.82. The van der Waals surface area contributed by atoms with Gasteiger partial charge in [0.15, 0.2) is 0 Å². The van der Waals surface area contributed by atoms with Crippen LogP contribution >= 0.6 is 0 Å². The molecule has 4 aliphatic heterocycles. The molecule has 2 amide bonds. The van der Waals surface area contributed by atoms with Gasteiger partial charge in [-0.05, 0) is 65.8 Å². The van der Waals surface area contributed by atoms with Gasteiger partial charge in [0, 0.05) is 94.2 Å². The fraction of sp³-hybridized carbons (Fsp3) is 0.611. The molecule has 2 fully saturated rings. The highest BCUT2D eigenvalue weighted by Crippen LogP contribution is 2.44. The number of rotatable bonds is 0. The van der Waals surface area contributed by atoms with Crippen LogP contribution in [0, 0.1) is 0 Å². The second-order valence-electron chi connectivity index (χ2n) is 14.3. The molecule has 0 saturated carbocycles. The van der Waals surface area contributed by atoms with Crippen LogP contribution in [0.1, 0.15) is 106 Å². The molecule has 260 valence electrons. The molecule has 0 radical (unpaired) electrons. The number of pyridine rings is 2. The summed E-state index contributed by atoms with van der Waals surface area (Å²) in [7, 11) is 0. The number of carbonyl (C=O) groups is 2. The molecule has 47 heavy (non-hydrogen) atoms. The lowest BCUT2D eigenvalue weighted by Gasteiger charge is -2.45. The van der Waals surface area contributed by atoms with Crippen LogP contribution in [-0.4, -0.2) is 85.6 Å². The van der Waals surface area contributed by atoms with Crippen LogP contribution in [0.4, 0.5) is 9.59 Å². The van der Waals surface area contributed by atoms with Crippen molar-refractivity contribution in [3.63, 3.8) is 0 Å². The predicted octanol–water partition coefficient (Wildman–Crippen LogP) is 7.20. The molecular formula is C36H54N4O7. The number of likely N-dealkylation sites (tertiary alicyclic amines) is 2. The first-order valence-corrected chi connectivity index (χ1v) is 15.7. The number of aliphatic hydroxyl groups is 1. The SMILES string of the molecule is C.C.CC(C)(C)OC(=O)N1CCC2(C=Cc3cnccc3O2)CC1.CC(C)(C)OC(=O)N1CCC2(CC1)CC(O)c1cnccc1O2. The van der Waals surface area contributed by atoms with E-state index in [9.17, 15) is 14.7 Å². The van der Waals surface area contributed by atoms with Crippen molar-refractivity contribution in [3.8, 4) is 11.5 Å². The van der Waals surface area contributed by atoms with Crippen LogP contribution in [0.25, 0.3) is 6.08 Å². The third-order valence-electron chi connectivity index (χ3n) is 8.34. The maximum atomic E-state index is 12.2. The van der Waals surface area contributed by atoms with Crippen LogP contribution in [0.15, 0.2) is 43.0 Å². The number of fused-ring (bicyclic) bond motifs is 2. The summed E-state index contributed by atoms with van der Waals surface area (Å²) in [6.45, 7) is 13.7. The van der Waals surface area contributed by atoms with Crippen molar-refractivity contribution in [1.29, 1.82) is 0 Å². The Morgan fingerprint density at radius 1 is 0.809 bits per heavy atom. The Kier molecular flexibility index (Phi) is 11.6. The van der Waals surface area contributed by atoms with E-state index in [-0.39, 0.29) is 32.6 Å². The summed E-state index contributed by atoms with van der Waals surface area (Å²) < 4.78 is 23.2. The van der Waals surface area contributed by atoms with Crippen LogP contribution in [0.3, 0.4) is 0 Å². The van der Waals surface area contributed by atoms with Gasteiger partial charge >= 0.3 is 12.2 Å². The maximum Gasteiger partial charge on any atom is 0.410 e. The van der Waals surface area contributed by atoms with E-state index in [0.29, 0.717) is 51.2 Å². The number of hydrogen-bond acceptors (Lipinski definition) is 9. The van der Waals surface area contributed by atoms with Gasteiger partial charge in [0.25, 0.3) is 0 Å². The van der Waals surface area contributed by atoms with Gasteiger partial charge in [-0.1, -0.05) is 14.9 Å². The molecule has 2 spiro atoms. The number of ether oxygens (including phenoxy) is 4. The molecule has 1 unspecified atom stereocenters. The van der Waals surface area contributed by atoms with Gasteiger partial charge in [0.1, 0.15) is 33.9 Å². The number of nitrogens with zero attached hydrogens (tertiary/aromatic N) is 4. The van der Waals surface area contributed by atoms with E-state index in [4.69, 9.17) is 18.9 Å². The third kappa shape index (κ3) is 9.37. The molecule has 0 bridgehead atoms. The molecule has 1 atom stereocenters. The fourth-order valence-electron chi connectivity index (χ4n) is 5.97. The number of piperidine rings is 2. The first-order valence-electron chi connectivity index (χ1n) is 15.7. The van der Waals surface area contributed by atoms with Crippen LogP contribution in [0.2, 0.25) is 0 Å². The summed E-state index contributed by atoms with van der Waals surface area (Å²) in [4.78, 5) is 35.9. The minimum atomic E-state index is -0.569. The minimum Gasteiger partial charge on any atom is -0.487 e. The molecule has 6 rings (SSSR count). The third-order valence-corrected chi connectivity index (χ3v) is 8.34. The van der Waals surface area contributed by atoms with E-state index in [1.54, 1.807) is 40.7 Å². The van der Waals surface area contributed by atoms with E-state index in [2.05, 4.69) is 22.1 Å². The molecule has 2 saturated heterocycles. The zero-order chi connectivity index (χ0) is 32.5. The van der Waals surface area contributed by atoms with E-state index in [1.165, 1.54) is 0 Å². The second kappa shape index (κ2) is 14.5. The average molecular weight is 655 g/mol. The molecule has 4 aliphatic rings. The number of aliphatic hydroxyl groups excluding tert-OH is 1. The first kappa shape index (κ1) is 37.6. The van der Waals surface area contributed by atoms with Crippen molar-refractivity contribution in [2.75, 3.05) is 26.2 Å². The molecule has 1 N–H and O–H groups in total. The van der Waals surface area contributed by atoms with Gasteiger partial charge in [0.2, 0.25) is 0 Å². The normalized spacial score (nSPS) is 20.4. The van der Waals surface area contributed by atoms with E-state index in [1.807, 2.05) is 47.6 Å². The summed E-state index contributed by atoms with van der Waals surface area (Å²) in [5, 5.41) is 10.4. The first-order chi connectivity index (χ1) is 21.1. The van der Waals surface area contributed by atoms with Gasteiger partial charge in [-0.15, -0.1) is 0 Å². The lowest BCUT2D eigenvalue weighted by Crippen LogP contribution is -2.52. The largest absolute Gasteiger partial charge is 0.487 e. The van der Waals surface area contributed by atoms with Crippen LogP contribution in [-0.2, 0) is 9.47 Å². The predicted molar refractivity (Wildman–Crippen MR) is 181 cm³/mol. The zero-order valence-corrected chi connectivity index (χ0v) is 27.2. The summed E-state index contributed by atoms with van der Waals surface area (Å²) in [5.74, 6) is 1.56. The number of carbonyl (C=O) groups excluding carboxylic acids is 2. The van der Waals surface area contributed by atoms with E-state index in [0.717, 1.165) is 29.7 Å². The summed E-state index contributed by atoms with van der Waals surface area (Å²) in [6, 6.07) is 3.68. The van der Waals surface area contributed by atoms with E-state index >= 15 is 0 Å². The molecule has 6 heterocycles. The van der Waals surface area contributed by atoms with Crippen molar-refractivity contribution >= 4 is 18.3 Å². The smallest absolute Gasteiger partial charge is 0.410 e. The monoisotopic (exact) mass is 654 g/mol. The summed E-state index contributed by atoms with van der Waals surface area (Å²) in [5.41, 5.74) is 0.0734. The van der Waals surface area contributed by atoms with Crippen LogP contribution < -0.4 is 9.47 Å². The Hall–Kier alpha value is -3.86. The second-order valence-corrected chi connectivity index (χ2v) is 14.3. The molecule has 11 nitrogen and oxygen atoms in total. The molecule has 2 aromatic heterocycles.